The van der Waals surface area contributed by atoms with Gasteiger partial charge in [-0.1, -0.05) is 6.07 Å². The average Bonchev–Trinajstić information content (AvgIpc) is 2.11. The van der Waals surface area contributed by atoms with Crippen LogP contribution in [0.15, 0.2) is 18.2 Å². The molecule has 6 heteroatoms. The molecule has 0 radical (unpaired) electrons. The van der Waals surface area contributed by atoms with Gasteiger partial charge in [0.25, 0.3) is 0 Å². The second kappa shape index (κ2) is 5.18. The number of phenols is 1. The molecule has 6 nitrogen and oxygen atoms in total. The zero-order chi connectivity index (χ0) is 10.7. The van der Waals surface area contributed by atoms with Gasteiger partial charge in [-0.05, 0) is 24.1 Å². The quantitative estimate of drug-likeness (QED) is 0.381. The van der Waals surface area contributed by atoms with Gasteiger partial charge >= 0.3 is 5.97 Å². The summed E-state index contributed by atoms with van der Waals surface area (Å²) in [7, 11) is 0. The zero-order valence-electron chi connectivity index (χ0n) is 7.97. The fourth-order valence-electron chi connectivity index (χ4n) is 1.07. The van der Waals surface area contributed by atoms with E-state index in [2.05, 4.69) is 0 Å². The molecule has 15 heavy (non-hydrogen) atoms. The molecule has 0 heterocycles. The highest BCUT2D eigenvalue weighted by molar-refractivity contribution is 5.73. The molecule has 0 aromatic heterocycles. The van der Waals surface area contributed by atoms with E-state index < -0.39 is 12.0 Å². The maximum absolute atomic E-state index is 10.4. The van der Waals surface area contributed by atoms with Crippen molar-refractivity contribution >= 4 is 11.7 Å². The normalized spacial score (nSPS) is 11.5. The van der Waals surface area contributed by atoms with Crippen LogP contribution in [-0.2, 0) is 11.2 Å². The van der Waals surface area contributed by atoms with Crippen molar-refractivity contribution in [1.29, 1.82) is 0 Å². The van der Waals surface area contributed by atoms with Gasteiger partial charge in [-0.15, -0.1) is 0 Å². The Hall–Kier alpha value is -1.79. The number of anilines is 1. The fourth-order valence-corrected chi connectivity index (χ4v) is 1.07. The van der Waals surface area contributed by atoms with Crippen molar-refractivity contribution in [1.82, 2.24) is 0 Å². The Bertz CT molecular complexity index is 354. The molecule has 0 aliphatic carbocycles. The van der Waals surface area contributed by atoms with Crippen LogP contribution in [0, 0.1) is 0 Å². The SMILES string of the molecule is Nc1cc(C[C@H](N)C(=O)O)ccc1O.O. The summed E-state index contributed by atoms with van der Waals surface area (Å²) in [4.78, 5) is 10.4. The summed E-state index contributed by atoms with van der Waals surface area (Å²) in [6.45, 7) is 0. The first kappa shape index (κ1) is 13.2. The first-order valence-corrected chi connectivity index (χ1v) is 4.06. The molecule has 1 aromatic carbocycles. The molecule has 1 aromatic rings. The first-order valence-electron chi connectivity index (χ1n) is 4.06. The number of hydrogen-bond donors (Lipinski definition) is 4. The van der Waals surface area contributed by atoms with Crippen LogP contribution in [0.1, 0.15) is 5.56 Å². The van der Waals surface area contributed by atoms with E-state index in [4.69, 9.17) is 21.7 Å². The molecule has 0 bridgehead atoms. The summed E-state index contributed by atoms with van der Waals surface area (Å²) >= 11 is 0. The molecule has 8 N–H and O–H groups in total. The van der Waals surface area contributed by atoms with Crippen LogP contribution < -0.4 is 11.5 Å². The maximum Gasteiger partial charge on any atom is 0.320 e. The lowest BCUT2D eigenvalue weighted by Gasteiger charge is -2.07. The van der Waals surface area contributed by atoms with E-state index in [1.807, 2.05) is 0 Å². The summed E-state index contributed by atoms with van der Waals surface area (Å²) in [6.07, 6.45) is 0.194. The van der Waals surface area contributed by atoms with Crippen molar-refractivity contribution < 1.29 is 20.5 Å². The van der Waals surface area contributed by atoms with Crippen molar-refractivity contribution in [2.45, 2.75) is 12.5 Å². The number of phenolic OH excluding ortho intramolecular Hbond substituents is 1. The summed E-state index contributed by atoms with van der Waals surface area (Å²) in [5, 5.41) is 17.7. The Labute approximate surface area is 86.4 Å². The number of carboxylic acid groups (broad SMARTS) is 1. The molecule has 84 valence electrons. The number of rotatable bonds is 3. The Morgan fingerprint density at radius 3 is 2.53 bits per heavy atom. The number of aromatic hydroxyl groups is 1. The van der Waals surface area contributed by atoms with E-state index in [1.165, 1.54) is 12.1 Å². The molecule has 0 fully saturated rings. The molecule has 1 rings (SSSR count). The maximum atomic E-state index is 10.4. The molecule has 0 amide bonds. The van der Waals surface area contributed by atoms with E-state index in [0.29, 0.717) is 5.56 Å². The van der Waals surface area contributed by atoms with E-state index in [9.17, 15) is 4.79 Å². The minimum atomic E-state index is -1.06. The second-order valence-electron chi connectivity index (χ2n) is 3.04. The Kier molecular flexibility index (Phi) is 4.56. The molecule has 1 atom stereocenters. The lowest BCUT2D eigenvalue weighted by molar-refractivity contribution is -0.138. The minimum Gasteiger partial charge on any atom is -0.506 e. The molecule has 0 aliphatic rings. The number of nitrogen functional groups attached to an aromatic ring is 1. The topological polar surface area (TPSA) is 141 Å². The van der Waals surface area contributed by atoms with Gasteiger partial charge in [0.05, 0.1) is 5.69 Å². The van der Waals surface area contributed by atoms with E-state index in [1.54, 1.807) is 6.07 Å². The number of benzene rings is 1. The third-order valence-electron chi connectivity index (χ3n) is 1.86. The smallest absolute Gasteiger partial charge is 0.320 e. The standard InChI is InChI=1S/C9H12N2O3.H2O/c10-6-3-5(1-2-8(6)12)4-7(11)9(13)14;/h1-3,7,12H,4,10-11H2,(H,13,14);1H2/t7-;/m0./s1. The van der Waals surface area contributed by atoms with Crippen LogP contribution >= 0.6 is 0 Å². The van der Waals surface area contributed by atoms with E-state index in [0.717, 1.165) is 0 Å². The van der Waals surface area contributed by atoms with Crippen molar-refractivity contribution in [2.75, 3.05) is 5.73 Å². The van der Waals surface area contributed by atoms with Crippen molar-refractivity contribution in [3.05, 3.63) is 23.8 Å². The highest BCUT2D eigenvalue weighted by Gasteiger charge is 2.12. The number of aliphatic carboxylic acids is 1. The summed E-state index contributed by atoms with van der Waals surface area (Å²) in [5.74, 6) is -1.07. The second-order valence-corrected chi connectivity index (χ2v) is 3.04. The van der Waals surface area contributed by atoms with Crippen molar-refractivity contribution in [2.24, 2.45) is 5.73 Å². The van der Waals surface area contributed by atoms with Crippen molar-refractivity contribution in [3.8, 4) is 5.75 Å². The van der Waals surface area contributed by atoms with Gasteiger partial charge < -0.3 is 27.2 Å². The van der Waals surface area contributed by atoms with Crippen LogP contribution in [-0.4, -0.2) is 27.7 Å². The van der Waals surface area contributed by atoms with Gasteiger partial charge in [-0.2, -0.15) is 0 Å². The summed E-state index contributed by atoms with van der Waals surface area (Å²) in [5.41, 5.74) is 11.7. The van der Waals surface area contributed by atoms with Crippen LogP contribution in [0.25, 0.3) is 0 Å². The number of nitrogens with two attached hydrogens (primary N) is 2. The predicted molar refractivity (Wildman–Crippen MR) is 55.4 cm³/mol. The van der Waals surface area contributed by atoms with Gasteiger partial charge in [-0.3, -0.25) is 4.79 Å². The molecular weight excluding hydrogens is 200 g/mol. The molecule has 0 aliphatic heterocycles. The Morgan fingerprint density at radius 2 is 2.07 bits per heavy atom. The minimum absolute atomic E-state index is 0. The molecule has 0 spiro atoms. The lowest BCUT2D eigenvalue weighted by atomic mass is 10.1. The molecule has 0 unspecified atom stereocenters. The Balaban J connectivity index is 0.00000196. The number of carboxylic acids is 1. The van der Waals surface area contributed by atoms with E-state index >= 15 is 0 Å². The summed E-state index contributed by atoms with van der Waals surface area (Å²) < 4.78 is 0. The number of carbonyl (C=O) groups is 1. The highest BCUT2D eigenvalue weighted by atomic mass is 16.4. The molecule has 0 saturated heterocycles. The fraction of sp³-hybridized carbons (Fsp3) is 0.222. The van der Waals surface area contributed by atoms with Crippen LogP contribution in [0.2, 0.25) is 0 Å². The van der Waals surface area contributed by atoms with Crippen molar-refractivity contribution in [3.63, 3.8) is 0 Å². The average molecular weight is 214 g/mol. The van der Waals surface area contributed by atoms with Crippen LogP contribution in [0.4, 0.5) is 5.69 Å². The third-order valence-corrected chi connectivity index (χ3v) is 1.86. The van der Waals surface area contributed by atoms with Gasteiger partial charge in [0.15, 0.2) is 0 Å². The predicted octanol–water partition coefficient (Wildman–Crippen LogP) is -0.896. The highest BCUT2D eigenvalue weighted by Crippen LogP contribution is 2.20. The molecule has 0 saturated carbocycles. The first-order chi connectivity index (χ1) is 6.50. The monoisotopic (exact) mass is 214 g/mol. The van der Waals surface area contributed by atoms with Crippen LogP contribution in [0.5, 0.6) is 5.75 Å². The third kappa shape index (κ3) is 3.45. The molecular formula is C9H14N2O4. The van der Waals surface area contributed by atoms with Gasteiger partial charge in [-0.25, -0.2) is 0 Å². The largest absolute Gasteiger partial charge is 0.506 e. The Morgan fingerprint density at radius 1 is 1.47 bits per heavy atom. The van der Waals surface area contributed by atoms with Crippen LogP contribution in [0.3, 0.4) is 0 Å². The van der Waals surface area contributed by atoms with Gasteiger partial charge in [0.2, 0.25) is 0 Å². The zero-order valence-corrected chi connectivity index (χ0v) is 7.97. The van der Waals surface area contributed by atoms with E-state index in [-0.39, 0.29) is 23.3 Å². The van der Waals surface area contributed by atoms with Gasteiger partial charge in [0.1, 0.15) is 11.8 Å². The van der Waals surface area contributed by atoms with Gasteiger partial charge in [0, 0.05) is 0 Å². The lowest BCUT2D eigenvalue weighted by Crippen LogP contribution is -2.32. The summed E-state index contributed by atoms with van der Waals surface area (Å²) in [6, 6.07) is 3.57. The number of hydrogen-bond acceptors (Lipinski definition) is 4.